The van der Waals surface area contributed by atoms with Crippen molar-refractivity contribution in [2.45, 2.75) is 17.1 Å². The van der Waals surface area contributed by atoms with E-state index in [4.69, 9.17) is 5.84 Å². The maximum Gasteiger partial charge on any atom is 0.194 e. The molecule has 0 saturated carbocycles. The van der Waals surface area contributed by atoms with Crippen LogP contribution in [-0.4, -0.2) is 19.9 Å². The zero-order chi connectivity index (χ0) is 11.4. The monoisotopic (exact) mass is 234 g/mol. The Bertz CT molecular complexity index is 489. The Kier molecular flexibility index (Phi) is 3.28. The van der Waals surface area contributed by atoms with E-state index < -0.39 is 0 Å². The molecule has 0 bridgehead atoms. The third-order valence-corrected chi connectivity index (χ3v) is 2.57. The van der Waals surface area contributed by atoms with Crippen LogP contribution >= 0.6 is 11.8 Å². The molecule has 0 aliphatic carbocycles. The zero-order valence-electron chi connectivity index (χ0n) is 8.58. The van der Waals surface area contributed by atoms with Gasteiger partial charge in [0, 0.05) is 18.0 Å². The molecule has 0 aromatic carbocycles. The fourth-order valence-electron chi connectivity index (χ4n) is 1.04. The van der Waals surface area contributed by atoms with E-state index >= 15 is 0 Å². The van der Waals surface area contributed by atoms with E-state index in [9.17, 15) is 0 Å². The molecule has 2 aromatic heterocycles. The number of hydrazine groups is 1. The maximum absolute atomic E-state index is 5.26. The Morgan fingerprint density at radius 2 is 2.19 bits per heavy atom. The van der Waals surface area contributed by atoms with Crippen LogP contribution in [-0.2, 0) is 0 Å². The first kappa shape index (κ1) is 10.8. The highest BCUT2D eigenvalue weighted by atomic mass is 32.2. The Balaban J connectivity index is 2.20. The lowest BCUT2D eigenvalue weighted by Crippen LogP contribution is -2.08. The normalized spacial score (nSPS) is 10.1. The van der Waals surface area contributed by atoms with Crippen molar-refractivity contribution in [3.8, 4) is 0 Å². The van der Waals surface area contributed by atoms with Gasteiger partial charge in [-0.2, -0.15) is 0 Å². The van der Waals surface area contributed by atoms with E-state index in [2.05, 4.69) is 25.4 Å². The minimum absolute atomic E-state index is 0.560. The third-order valence-electron chi connectivity index (χ3n) is 1.76. The number of rotatable bonds is 3. The van der Waals surface area contributed by atoms with Crippen LogP contribution in [0.3, 0.4) is 0 Å². The highest BCUT2D eigenvalue weighted by Crippen LogP contribution is 2.23. The lowest BCUT2D eigenvalue weighted by Gasteiger charge is -2.01. The second-order valence-electron chi connectivity index (χ2n) is 2.97. The van der Waals surface area contributed by atoms with Gasteiger partial charge in [0.15, 0.2) is 5.16 Å². The van der Waals surface area contributed by atoms with Gasteiger partial charge in [-0.15, -0.1) is 0 Å². The topological polar surface area (TPSA) is 89.6 Å². The third kappa shape index (κ3) is 2.65. The first-order chi connectivity index (χ1) is 7.78. The van der Waals surface area contributed by atoms with Crippen LogP contribution in [0.25, 0.3) is 0 Å². The van der Waals surface area contributed by atoms with Gasteiger partial charge < -0.3 is 5.43 Å². The second kappa shape index (κ2) is 4.86. The standard InChI is InChI=1S/C9H10N6S/c1-6-2-3-11-9(14-6)16-8-4-7(15-10)12-5-13-8/h2-5H,10H2,1H3,(H,12,13,15). The molecule has 0 spiro atoms. The van der Waals surface area contributed by atoms with Crippen molar-refractivity contribution < 1.29 is 0 Å². The number of aryl methyl sites for hydroxylation is 1. The number of aromatic nitrogens is 4. The molecule has 2 aromatic rings. The molecule has 7 heteroatoms. The molecule has 0 amide bonds. The van der Waals surface area contributed by atoms with E-state index in [1.54, 1.807) is 12.3 Å². The van der Waals surface area contributed by atoms with Gasteiger partial charge in [-0.25, -0.2) is 25.8 Å². The molecule has 16 heavy (non-hydrogen) atoms. The fourth-order valence-corrected chi connectivity index (χ4v) is 1.80. The Morgan fingerprint density at radius 1 is 1.31 bits per heavy atom. The summed E-state index contributed by atoms with van der Waals surface area (Å²) >= 11 is 1.36. The number of nitrogens with zero attached hydrogens (tertiary/aromatic N) is 4. The van der Waals surface area contributed by atoms with E-state index in [0.29, 0.717) is 11.0 Å². The summed E-state index contributed by atoms with van der Waals surface area (Å²) in [6.45, 7) is 1.92. The Labute approximate surface area is 96.7 Å². The number of nitrogens with two attached hydrogens (primary N) is 1. The van der Waals surface area contributed by atoms with Crippen molar-refractivity contribution in [1.82, 2.24) is 19.9 Å². The summed E-state index contributed by atoms with van der Waals surface area (Å²) in [6, 6.07) is 3.58. The molecule has 82 valence electrons. The zero-order valence-corrected chi connectivity index (χ0v) is 9.40. The average Bonchev–Trinajstić information content (AvgIpc) is 2.29. The minimum Gasteiger partial charge on any atom is -0.308 e. The lowest BCUT2D eigenvalue weighted by atomic mass is 10.5. The molecule has 3 N–H and O–H groups in total. The van der Waals surface area contributed by atoms with Crippen LogP contribution in [0, 0.1) is 6.92 Å². The van der Waals surface area contributed by atoms with Crippen LogP contribution in [0.1, 0.15) is 5.69 Å². The van der Waals surface area contributed by atoms with E-state index in [1.807, 2.05) is 13.0 Å². The highest BCUT2D eigenvalue weighted by molar-refractivity contribution is 7.99. The largest absolute Gasteiger partial charge is 0.308 e. The Hall–Kier alpha value is -1.73. The van der Waals surface area contributed by atoms with Gasteiger partial charge in [0.2, 0.25) is 0 Å². The average molecular weight is 234 g/mol. The van der Waals surface area contributed by atoms with Gasteiger partial charge in [0.05, 0.1) is 0 Å². The summed E-state index contributed by atoms with van der Waals surface area (Å²) in [5.74, 6) is 5.82. The minimum atomic E-state index is 0.560. The van der Waals surface area contributed by atoms with Crippen LogP contribution in [0.5, 0.6) is 0 Å². The molecule has 0 fully saturated rings. The maximum atomic E-state index is 5.26. The number of hydrogen-bond donors (Lipinski definition) is 2. The molecule has 0 aliphatic heterocycles. The van der Waals surface area contributed by atoms with Crippen LogP contribution < -0.4 is 11.3 Å². The van der Waals surface area contributed by atoms with E-state index in [0.717, 1.165) is 10.7 Å². The molecule has 6 nitrogen and oxygen atoms in total. The first-order valence-corrected chi connectivity index (χ1v) is 5.36. The van der Waals surface area contributed by atoms with Crippen molar-refractivity contribution in [2.24, 2.45) is 5.84 Å². The SMILES string of the molecule is Cc1ccnc(Sc2cc(NN)ncn2)n1. The quantitative estimate of drug-likeness (QED) is 0.354. The summed E-state index contributed by atoms with van der Waals surface area (Å²) < 4.78 is 0. The summed E-state index contributed by atoms with van der Waals surface area (Å²) in [6.07, 6.45) is 3.15. The fraction of sp³-hybridized carbons (Fsp3) is 0.111. The number of nitrogens with one attached hydrogen (secondary N) is 1. The van der Waals surface area contributed by atoms with Crippen molar-refractivity contribution >= 4 is 17.6 Å². The van der Waals surface area contributed by atoms with Crippen molar-refractivity contribution in [2.75, 3.05) is 5.43 Å². The van der Waals surface area contributed by atoms with Crippen LogP contribution in [0.15, 0.2) is 34.8 Å². The van der Waals surface area contributed by atoms with Gasteiger partial charge in [0.25, 0.3) is 0 Å². The summed E-state index contributed by atoms with van der Waals surface area (Å²) in [5, 5.41) is 1.40. The molecule has 0 atom stereocenters. The molecule has 0 radical (unpaired) electrons. The molecular formula is C9H10N6S. The van der Waals surface area contributed by atoms with Crippen LogP contribution in [0.4, 0.5) is 5.82 Å². The summed E-state index contributed by atoms with van der Waals surface area (Å²) in [4.78, 5) is 16.4. The number of nitrogen functional groups attached to an aromatic ring is 1. The first-order valence-electron chi connectivity index (χ1n) is 4.54. The van der Waals surface area contributed by atoms with Crippen molar-refractivity contribution in [1.29, 1.82) is 0 Å². The number of anilines is 1. The second-order valence-corrected chi connectivity index (χ2v) is 3.96. The molecule has 0 unspecified atom stereocenters. The lowest BCUT2D eigenvalue weighted by molar-refractivity contribution is 0.925. The molecular weight excluding hydrogens is 224 g/mol. The molecule has 2 rings (SSSR count). The molecule has 2 heterocycles. The number of hydrogen-bond acceptors (Lipinski definition) is 7. The van der Waals surface area contributed by atoms with E-state index in [-0.39, 0.29) is 0 Å². The molecule has 0 aliphatic rings. The van der Waals surface area contributed by atoms with Gasteiger partial charge >= 0.3 is 0 Å². The predicted octanol–water partition coefficient (Wildman–Crippen LogP) is 1.01. The predicted molar refractivity (Wildman–Crippen MR) is 60.7 cm³/mol. The highest BCUT2D eigenvalue weighted by Gasteiger charge is 2.03. The van der Waals surface area contributed by atoms with Gasteiger partial charge in [-0.1, -0.05) is 0 Å². The molecule has 0 saturated heterocycles. The van der Waals surface area contributed by atoms with Crippen LogP contribution in [0.2, 0.25) is 0 Å². The van der Waals surface area contributed by atoms with Gasteiger partial charge in [-0.3, -0.25) is 0 Å². The van der Waals surface area contributed by atoms with Crippen molar-refractivity contribution in [3.05, 3.63) is 30.4 Å². The Morgan fingerprint density at radius 3 is 2.94 bits per heavy atom. The summed E-state index contributed by atoms with van der Waals surface area (Å²) in [5.41, 5.74) is 3.38. The van der Waals surface area contributed by atoms with E-state index in [1.165, 1.54) is 18.1 Å². The van der Waals surface area contributed by atoms with Gasteiger partial charge in [-0.05, 0) is 24.8 Å². The van der Waals surface area contributed by atoms with Gasteiger partial charge in [0.1, 0.15) is 17.2 Å². The smallest absolute Gasteiger partial charge is 0.194 e. The van der Waals surface area contributed by atoms with Crippen molar-refractivity contribution in [3.63, 3.8) is 0 Å². The summed E-state index contributed by atoms with van der Waals surface area (Å²) in [7, 11) is 0.